The topological polar surface area (TPSA) is 55.3 Å². The van der Waals surface area contributed by atoms with Gasteiger partial charge in [0.1, 0.15) is 0 Å². The Hall–Kier alpha value is -0.420. The molecule has 3 nitrogen and oxygen atoms in total. The fraction of sp³-hybridized carbons (Fsp3) is 0.636. The van der Waals surface area contributed by atoms with Gasteiger partial charge in [0.2, 0.25) is 0 Å². The quantitative estimate of drug-likeness (QED) is 0.756. The normalized spacial score (nSPS) is 13.4. The Labute approximate surface area is 96.1 Å². The number of aryl methyl sites for hydroxylation is 1. The minimum absolute atomic E-state index is 0.0967. The number of likely N-dealkylation sites (N-methyl/N-ethyl adjacent to an activating group) is 1. The minimum Gasteiger partial charge on any atom is -0.329 e. The molecule has 0 aliphatic carbocycles. The fourth-order valence-corrected chi connectivity index (χ4v) is 2.42. The predicted molar refractivity (Wildman–Crippen MR) is 67.3 cm³/mol. The lowest BCUT2D eigenvalue weighted by atomic mass is 10.2. The zero-order valence-electron chi connectivity index (χ0n) is 9.57. The van der Waals surface area contributed by atoms with Crippen LogP contribution in [0.25, 0.3) is 0 Å². The van der Waals surface area contributed by atoms with Crippen LogP contribution in [0.5, 0.6) is 0 Å². The molecule has 15 heavy (non-hydrogen) atoms. The number of nitrogens with zero attached hydrogens (tertiary/aromatic N) is 1. The maximum Gasteiger partial charge on any atom is 0.0292 e. The Morgan fingerprint density at radius 3 is 2.80 bits per heavy atom. The average Bonchev–Trinajstić information content (AvgIpc) is 2.61. The summed E-state index contributed by atoms with van der Waals surface area (Å²) in [7, 11) is 2.10. The van der Waals surface area contributed by atoms with Crippen LogP contribution < -0.4 is 11.5 Å². The van der Waals surface area contributed by atoms with Crippen LogP contribution in [0.1, 0.15) is 10.4 Å². The molecule has 0 spiro atoms. The molecule has 1 aromatic heterocycles. The van der Waals surface area contributed by atoms with E-state index in [4.69, 9.17) is 11.5 Å². The molecule has 0 aliphatic heterocycles. The van der Waals surface area contributed by atoms with E-state index in [1.165, 1.54) is 10.4 Å². The summed E-state index contributed by atoms with van der Waals surface area (Å²) in [5.41, 5.74) is 12.7. The second kappa shape index (κ2) is 6.23. The van der Waals surface area contributed by atoms with Gasteiger partial charge in [-0.05, 0) is 37.4 Å². The van der Waals surface area contributed by atoms with Gasteiger partial charge in [0.15, 0.2) is 0 Å². The van der Waals surface area contributed by atoms with E-state index in [2.05, 4.69) is 30.3 Å². The van der Waals surface area contributed by atoms with Crippen molar-refractivity contribution >= 4 is 11.3 Å². The van der Waals surface area contributed by atoms with Gasteiger partial charge < -0.3 is 16.4 Å². The molecule has 1 aromatic rings. The largest absolute Gasteiger partial charge is 0.329 e. The van der Waals surface area contributed by atoms with Crippen molar-refractivity contribution in [3.8, 4) is 0 Å². The summed E-state index contributed by atoms with van der Waals surface area (Å²) in [5, 5.41) is 2.15. The summed E-state index contributed by atoms with van der Waals surface area (Å²) in [4.78, 5) is 3.72. The molecule has 1 rings (SSSR count). The van der Waals surface area contributed by atoms with Crippen molar-refractivity contribution in [1.29, 1.82) is 0 Å². The fourth-order valence-electron chi connectivity index (χ4n) is 1.52. The van der Waals surface area contributed by atoms with E-state index in [9.17, 15) is 0 Å². The SMILES string of the molecule is Cc1ccsc1CCN(C)CC(N)CN. The van der Waals surface area contributed by atoms with Gasteiger partial charge in [0.25, 0.3) is 0 Å². The second-order valence-corrected chi connectivity index (χ2v) is 5.04. The van der Waals surface area contributed by atoms with Crippen LogP contribution in [-0.2, 0) is 6.42 Å². The highest BCUT2D eigenvalue weighted by Gasteiger charge is 2.06. The van der Waals surface area contributed by atoms with Crippen molar-refractivity contribution in [1.82, 2.24) is 4.90 Å². The summed E-state index contributed by atoms with van der Waals surface area (Å²) in [5.74, 6) is 0. The highest BCUT2D eigenvalue weighted by molar-refractivity contribution is 7.10. The summed E-state index contributed by atoms with van der Waals surface area (Å²) in [6, 6.07) is 2.27. The van der Waals surface area contributed by atoms with Crippen LogP contribution in [0.15, 0.2) is 11.4 Å². The van der Waals surface area contributed by atoms with Gasteiger partial charge in [0.05, 0.1) is 0 Å². The average molecular weight is 227 g/mol. The van der Waals surface area contributed by atoms with Crippen LogP contribution >= 0.6 is 11.3 Å². The van der Waals surface area contributed by atoms with Crippen LogP contribution in [0, 0.1) is 6.92 Å². The van der Waals surface area contributed by atoms with Crippen LogP contribution in [0.4, 0.5) is 0 Å². The lowest BCUT2D eigenvalue weighted by Crippen LogP contribution is -2.41. The monoisotopic (exact) mass is 227 g/mol. The van der Waals surface area contributed by atoms with Gasteiger partial charge in [-0.2, -0.15) is 0 Å². The van der Waals surface area contributed by atoms with Gasteiger partial charge in [-0.1, -0.05) is 0 Å². The highest BCUT2D eigenvalue weighted by Crippen LogP contribution is 2.16. The van der Waals surface area contributed by atoms with Crippen molar-refractivity contribution in [3.63, 3.8) is 0 Å². The molecule has 4 heteroatoms. The van der Waals surface area contributed by atoms with Crippen molar-refractivity contribution in [2.45, 2.75) is 19.4 Å². The Morgan fingerprint density at radius 2 is 2.27 bits per heavy atom. The summed E-state index contributed by atoms with van der Waals surface area (Å²) in [6.45, 7) is 4.65. The molecule has 0 amide bonds. The van der Waals surface area contributed by atoms with Gasteiger partial charge in [-0.3, -0.25) is 0 Å². The lowest BCUT2D eigenvalue weighted by molar-refractivity contribution is 0.317. The van der Waals surface area contributed by atoms with E-state index in [0.717, 1.165) is 19.5 Å². The molecule has 1 atom stereocenters. The molecule has 0 radical (unpaired) electrons. The van der Waals surface area contributed by atoms with Gasteiger partial charge in [0, 0.05) is 30.6 Å². The number of hydrogen-bond donors (Lipinski definition) is 2. The van der Waals surface area contributed by atoms with Crippen molar-refractivity contribution in [2.75, 3.05) is 26.7 Å². The van der Waals surface area contributed by atoms with Crippen molar-refractivity contribution < 1.29 is 0 Å². The molecule has 0 saturated carbocycles. The second-order valence-electron chi connectivity index (χ2n) is 4.03. The van der Waals surface area contributed by atoms with Crippen molar-refractivity contribution in [2.24, 2.45) is 11.5 Å². The maximum atomic E-state index is 5.79. The van der Waals surface area contributed by atoms with E-state index in [-0.39, 0.29) is 6.04 Å². The molecule has 1 unspecified atom stereocenters. The summed E-state index contributed by atoms with van der Waals surface area (Å²) < 4.78 is 0. The molecule has 0 aromatic carbocycles. The van der Waals surface area contributed by atoms with Crippen LogP contribution in [0.3, 0.4) is 0 Å². The number of thiophene rings is 1. The van der Waals surface area contributed by atoms with Crippen LogP contribution in [0.2, 0.25) is 0 Å². The Bertz CT molecular complexity index is 285. The standard InChI is InChI=1S/C11H21N3S/c1-9-4-6-15-11(9)3-5-14(2)8-10(13)7-12/h4,6,10H,3,5,7-8,12-13H2,1-2H3. The number of hydrogen-bond acceptors (Lipinski definition) is 4. The smallest absolute Gasteiger partial charge is 0.0292 e. The number of nitrogens with two attached hydrogens (primary N) is 2. The molecule has 4 N–H and O–H groups in total. The minimum atomic E-state index is 0.0967. The zero-order valence-corrected chi connectivity index (χ0v) is 10.4. The van der Waals surface area contributed by atoms with E-state index in [1.807, 2.05) is 11.3 Å². The molecule has 1 heterocycles. The van der Waals surface area contributed by atoms with E-state index < -0.39 is 0 Å². The molecule has 0 bridgehead atoms. The molecule has 0 saturated heterocycles. The molecule has 86 valence electrons. The van der Waals surface area contributed by atoms with Crippen molar-refractivity contribution in [3.05, 3.63) is 21.9 Å². The van der Waals surface area contributed by atoms with Gasteiger partial charge in [-0.15, -0.1) is 11.3 Å². The molecular weight excluding hydrogens is 206 g/mol. The molecule has 0 aliphatic rings. The van der Waals surface area contributed by atoms with Gasteiger partial charge in [-0.25, -0.2) is 0 Å². The third kappa shape index (κ3) is 4.30. The van der Waals surface area contributed by atoms with Gasteiger partial charge >= 0.3 is 0 Å². The first-order valence-corrected chi connectivity index (χ1v) is 6.18. The third-order valence-electron chi connectivity index (χ3n) is 2.54. The van der Waals surface area contributed by atoms with E-state index >= 15 is 0 Å². The maximum absolute atomic E-state index is 5.79. The molecular formula is C11H21N3S. The van der Waals surface area contributed by atoms with Crippen LogP contribution in [-0.4, -0.2) is 37.6 Å². The summed E-state index contributed by atoms with van der Waals surface area (Å²) in [6.07, 6.45) is 1.11. The number of rotatable bonds is 6. The Morgan fingerprint density at radius 1 is 1.53 bits per heavy atom. The summed E-state index contributed by atoms with van der Waals surface area (Å²) >= 11 is 1.83. The van der Waals surface area contributed by atoms with E-state index in [0.29, 0.717) is 6.54 Å². The molecule has 0 fully saturated rings. The van der Waals surface area contributed by atoms with E-state index in [1.54, 1.807) is 0 Å². The predicted octanol–water partition coefficient (Wildman–Crippen LogP) is 0.817. The first-order valence-electron chi connectivity index (χ1n) is 5.30. The first-order chi connectivity index (χ1) is 7.13. The third-order valence-corrected chi connectivity index (χ3v) is 3.62. The Balaban J connectivity index is 2.28. The Kier molecular flexibility index (Phi) is 5.25. The first kappa shape index (κ1) is 12.6. The highest BCUT2D eigenvalue weighted by atomic mass is 32.1. The zero-order chi connectivity index (χ0) is 11.3. The lowest BCUT2D eigenvalue weighted by Gasteiger charge is -2.19.